The molecule has 2 aromatic carbocycles. The topological polar surface area (TPSA) is 49.4 Å². The van der Waals surface area contributed by atoms with Gasteiger partial charge in [0.2, 0.25) is 11.8 Å². The zero-order valence-corrected chi connectivity index (χ0v) is 19.0. The van der Waals surface area contributed by atoms with E-state index in [1.165, 1.54) is 0 Å². The average molecular weight is 447 g/mol. The molecule has 0 unspecified atom stereocenters. The van der Waals surface area contributed by atoms with E-state index < -0.39 is 6.04 Å². The van der Waals surface area contributed by atoms with Crippen LogP contribution in [0, 0.1) is 6.92 Å². The first-order valence-electron chi connectivity index (χ1n) is 10.4. The lowest BCUT2D eigenvalue weighted by Gasteiger charge is -2.30. The van der Waals surface area contributed by atoms with Crippen molar-refractivity contribution in [3.63, 3.8) is 0 Å². The molecule has 0 saturated heterocycles. The van der Waals surface area contributed by atoms with Gasteiger partial charge in [0.25, 0.3) is 0 Å². The van der Waals surface area contributed by atoms with E-state index in [2.05, 4.69) is 5.32 Å². The van der Waals surface area contributed by atoms with Crippen molar-refractivity contribution in [2.45, 2.75) is 64.6 Å². The second kappa shape index (κ2) is 10.3. The molecule has 0 aliphatic heterocycles. The number of nitrogens with zero attached hydrogens (tertiary/aromatic N) is 1. The quantitative estimate of drug-likeness (QED) is 0.625. The fourth-order valence-electron chi connectivity index (χ4n) is 3.91. The maximum atomic E-state index is 13.3. The van der Waals surface area contributed by atoms with Crippen LogP contribution in [0.3, 0.4) is 0 Å². The largest absolute Gasteiger partial charge is 0.352 e. The number of amides is 2. The molecule has 1 fully saturated rings. The Balaban J connectivity index is 1.80. The zero-order chi connectivity index (χ0) is 21.7. The van der Waals surface area contributed by atoms with Gasteiger partial charge in [-0.05, 0) is 49.9 Å². The number of carbonyl (C=O) groups is 2. The molecular weight excluding hydrogens is 419 g/mol. The van der Waals surface area contributed by atoms with Gasteiger partial charge in [-0.25, -0.2) is 0 Å². The number of hydrogen-bond acceptors (Lipinski definition) is 2. The van der Waals surface area contributed by atoms with Crippen molar-refractivity contribution in [1.29, 1.82) is 0 Å². The van der Waals surface area contributed by atoms with E-state index in [9.17, 15) is 9.59 Å². The van der Waals surface area contributed by atoms with Crippen LogP contribution in [0.1, 0.15) is 49.3 Å². The monoisotopic (exact) mass is 446 g/mol. The second-order valence-electron chi connectivity index (χ2n) is 8.09. The van der Waals surface area contributed by atoms with Crippen LogP contribution in [0.25, 0.3) is 0 Å². The van der Waals surface area contributed by atoms with Gasteiger partial charge in [-0.2, -0.15) is 0 Å². The highest BCUT2D eigenvalue weighted by atomic mass is 35.5. The van der Waals surface area contributed by atoms with E-state index in [4.69, 9.17) is 23.2 Å². The number of benzene rings is 2. The lowest BCUT2D eigenvalue weighted by molar-refractivity contribution is -0.140. The van der Waals surface area contributed by atoms with Crippen LogP contribution in [0.15, 0.2) is 42.5 Å². The number of aryl methyl sites for hydroxylation is 1. The van der Waals surface area contributed by atoms with Crippen LogP contribution in [0.2, 0.25) is 10.0 Å². The van der Waals surface area contributed by atoms with Gasteiger partial charge in [-0.15, -0.1) is 0 Å². The van der Waals surface area contributed by atoms with E-state index in [0.717, 1.165) is 42.4 Å². The lowest BCUT2D eigenvalue weighted by atomic mass is 10.1. The predicted molar refractivity (Wildman–Crippen MR) is 122 cm³/mol. The Kier molecular flexibility index (Phi) is 7.79. The molecule has 0 aromatic heterocycles. The minimum Gasteiger partial charge on any atom is -0.352 e. The van der Waals surface area contributed by atoms with E-state index in [0.29, 0.717) is 10.0 Å². The zero-order valence-electron chi connectivity index (χ0n) is 17.5. The van der Waals surface area contributed by atoms with Crippen LogP contribution < -0.4 is 5.32 Å². The van der Waals surface area contributed by atoms with Crippen LogP contribution in [-0.2, 0) is 22.6 Å². The molecule has 4 nitrogen and oxygen atoms in total. The summed E-state index contributed by atoms with van der Waals surface area (Å²) in [6, 6.07) is 12.7. The molecule has 1 atom stereocenters. The number of carbonyl (C=O) groups excluding carboxylic acids is 2. The Morgan fingerprint density at radius 2 is 1.87 bits per heavy atom. The van der Waals surface area contributed by atoms with Crippen molar-refractivity contribution in [1.82, 2.24) is 10.2 Å². The van der Waals surface area contributed by atoms with Crippen molar-refractivity contribution in [3.8, 4) is 0 Å². The molecule has 1 N–H and O–H groups in total. The number of hydrogen-bond donors (Lipinski definition) is 1. The normalized spacial score (nSPS) is 15.1. The number of halogens is 2. The van der Waals surface area contributed by atoms with Gasteiger partial charge in [-0.1, -0.05) is 71.9 Å². The van der Waals surface area contributed by atoms with Gasteiger partial charge >= 0.3 is 0 Å². The van der Waals surface area contributed by atoms with E-state index in [1.54, 1.807) is 30.0 Å². The highest BCUT2D eigenvalue weighted by Crippen LogP contribution is 2.24. The predicted octanol–water partition coefficient (Wildman–Crippen LogP) is 5.32. The molecule has 30 heavy (non-hydrogen) atoms. The molecule has 1 saturated carbocycles. The Bertz CT molecular complexity index is 910. The summed E-state index contributed by atoms with van der Waals surface area (Å²) in [7, 11) is 0. The van der Waals surface area contributed by atoms with E-state index in [1.807, 2.05) is 31.2 Å². The first-order chi connectivity index (χ1) is 14.3. The third-order valence-corrected chi connectivity index (χ3v) is 6.25. The molecule has 3 rings (SSSR count). The maximum absolute atomic E-state index is 13.3. The molecule has 0 bridgehead atoms. The van der Waals surface area contributed by atoms with Crippen molar-refractivity contribution in [2.75, 3.05) is 0 Å². The van der Waals surface area contributed by atoms with Gasteiger partial charge in [0.05, 0.1) is 6.42 Å². The third kappa shape index (κ3) is 5.99. The minimum absolute atomic E-state index is 0.110. The smallest absolute Gasteiger partial charge is 0.242 e. The number of nitrogens with one attached hydrogen (secondary N) is 1. The minimum atomic E-state index is -0.602. The first-order valence-corrected chi connectivity index (χ1v) is 11.2. The molecule has 0 spiro atoms. The van der Waals surface area contributed by atoms with Gasteiger partial charge in [0, 0.05) is 22.6 Å². The lowest BCUT2D eigenvalue weighted by Crippen LogP contribution is -2.50. The first kappa shape index (κ1) is 22.6. The Labute approximate surface area is 188 Å². The summed E-state index contributed by atoms with van der Waals surface area (Å²) in [5, 5.41) is 4.13. The van der Waals surface area contributed by atoms with Crippen molar-refractivity contribution in [3.05, 3.63) is 69.2 Å². The molecule has 1 aliphatic carbocycles. The highest BCUT2D eigenvalue weighted by molar-refractivity contribution is 6.35. The SMILES string of the molecule is Cc1cccc(CC(=O)N(Cc2ccc(Cl)cc2Cl)[C@@H](C)C(=O)NC2CCCC2)c1. The van der Waals surface area contributed by atoms with Gasteiger partial charge in [0.1, 0.15) is 6.04 Å². The molecule has 0 heterocycles. The summed E-state index contributed by atoms with van der Waals surface area (Å²) < 4.78 is 0. The van der Waals surface area contributed by atoms with Crippen molar-refractivity contribution < 1.29 is 9.59 Å². The van der Waals surface area contributed by atoms with Crippen molar-refractivity contribution >= 4 is 35.0 Å². The molecule has 0 radical (unpaired) electrons. The summed E-state index contributed by atoms with van der Waals surface area (Å²) in [6.45, 7) is 4.03. The van der Waals surface area contributed by atoms with Gasteiger partial charge < -0.3 is 10.2 Å². The van der Waals surface area contributed by atoms with Gasteiger partial charge in [-0.3, -0.25) is 9.59 Å². The summed E-state index contributed by atoms with van der Waals surface area (Å²) >= 11 is 12.4. The van der Waals surface area contributed by atoms with E-state index in [-0.39, 0.29) is 30.8 Å². The Hall–Kier alpha value is -2.04. The summed E-state index contributed by atoms with van der Waals surface area (Å²) in [5.41, 5.74) is 2.79. The molecule has 2 amide bonds. The molecule has 160 valence electrons. The van der Waals surface area contributed by atoms with Gasteiger partial charge in [0.15, 0.2) is 0 Å². The number of rotatable bonds is 7. The maximum Gasteiger partial charge on any atom is 0.242 e. The van der Waals surface area contributed by atoms with E-state index >= 15 is 0 Å². The molecular formula is C24H28Cl2N2O2. The second-order valence-corrected chi connectivity index (χ2v) is 8.93. The summed E-state index contributed by atoms with van der Waals surface area (Å²) in [5.74, 6) is -0.231. The van der Waals surface area contributed by atoms with Crippen LogP contribution in [0.5, 0.6) is 0 Å². The molecule has 1 aliphatic rings. The molecule has 6 heteroatoms. The average Bonchev–Trinajstić information content (AvgIpc) is 3.20. The fraction of sp³-hybridized carbons (Fsp3) is 0.417. The Morgan fingerprint density at radius 1 is 1.13 bits per heavy atom. The van der Waals surface area contributed by atoms with Crippen LogP contribution >= 0.6 is 23.2 Å². The Morgan fingerprint density at radius 3 is 2.53 bits per heavy atom. The van der Waals surface area contributed by atoms with Crippen LogP contribution in [-0.4, -0.2) is 28.8 Å². The summed E-state index contributed by atoms with van der Waals surface area (Å²) in [4.78, 5) is 27.8. The van der Waals surface area contributed by atoms with Crippen LogP contribution in [0.4, 0.5) is 0 Å². The summed E-state index contributed by atoms with van der Waals surface area (Å²) in [6.07, 6.45) is 4.50. The standard InChI is InChI=1S/C24H28Cl2N2O2/c1-16-6-5-7-18(12-16)13-23(29)28(15-19-10-11-20(25)14-22(19)26)17(2)24(30)27-21-8-3-4-9-21/h5-7,10-12,14,17,21H,3-4,8-9,13,15H2,1-2H3,(H,27,30)/t17-/m0/s1. The highest BCUT2D eigenvalue weighted by Gasteiger charge is 2.29. The third-order valence-electron chi connectivity index (χ3n) is 5.66. The van der Waals surface area contributed by atoms with Crippen molar-refractivity contribution in [2.24, 2.45) is 0 Å². The fourth-order valence-corrected chi connectivity index (χ4v) is 4.37. The molecule has 2 aromatic rings.